The van der Waals surface area contributed by atoms with E-state index in [-0.39, 0.29) is 19.8 Å². The van der Waals surface area contributed by atoms with Crippen molar-refractivity contribution in [2.45, 2.75) is 6.10 Å². The van der Waals surface area contributed by atoms with E-state index >= 15 is 0 Å². The fourth-order valence-corrected chi connectivity index (χ4v) is 1.90. The number of benzene rings is 1. The molecule has 0 heterocycles. The normalized spacial score (nSPS) is 12.4. The van der Waals surface area contributed by atoms with Gasteiger partial charge in [-0.25, -0.2) is 0 Å². The first kappa shape index (κ1) is 16.7. The van der Waals surface area contributed by atoms with E-state index in [0.29, 0.717) is 25.4 Å². The van der Waals surface area contributed by atoms with Crippen LogP contribution in [0.25, 0.3) is 0 Å². The number of nitrogens with one attached hydrogen (secondary N) is 1. The number of methoxy groups -OCH3 is 1. The minimum atomic E-state index is -0.648. The summed E-state index contributed by atoms with van der Waals surface area (Å²) in [7, 11) is 1.60. The predicted octanol–water partition coefficient (Wildman–Crippen LogP) is -1.70. The lowest BCUT2D eigenvalue weighted by molar-refractivity contribution is -0.903. The highest BCUT2D eigenvalue weighted by atomic mass is 16.5. The topological polar surface area (TPSA) is 83.6 Å². The smallest absolute Gasteiger partial charge is 0.137 e. The van der Waals surface area contributed by atoms with Crippen molar-refractivity contribution < 1.29 is 29.7 Å². The molecule has 0 aliphatic heterocycles. The van der Waals surface area contributed by atoms with Crippen molar-refractivity contribution in [1.29, 1.82) is 0 Å². The Labute approximate surface area is 119 Å². The second-order valence-electron chi connectivity index (χ2n) is 4.54. The Morgan fingerprint density at radius 2 is 1.60 bits per heavy atom. The summed E-state index contributed by atoms with van der Waals surface area (Å²) in [6.07, 6.45) is -0.648. The Morgan fingerprint density at radius 1 is 1.05 bits per heavy atom. The average molecular weight is 286 g/mol. The van der Waals surface area contributed by atoms with Gasteiger partial charge in [-0.1, -0.05) is 0 Å². The van der Waals surface area contributed by atoms with Gasteiger partial charge in [0.2, 0.25) is 0 Å². The maximum Gasteiger partial charge on any atom is 0.137 e. The second kappa shape index (κ2) is 9.55. The van der Waals surface area contributed by atoms with Crippen LogP contribution in [-0.2, 0) is 0 Å². The molecule has 0 saturated carbocycles. The maximum absolute atomic E-state index is 9.90. The summed E-state index contributed by atoms with van der Waals surface area (Å²) in [6, 6.07) is 7.13. The van der Waals surface area contributed by atoms with Gasteiger partial charge in [-0.15, -0.1) is 0 Å². The van der Waals surface area contributed by atoms with Gasteiger partial charge in [0.05, 0.1) is 20.3 Å². The van der Waals surface area contributed by atoms with E-state index in [4.69, 9.17) is 19.7 Å². The van der Waals surface area contributed by atoms with Crippen molar-refractivity contribution in [2.75, 3.05) is 46.6 Å². The SMILES string of the molecule is COc1ccc(OC[C@H](O)C[NH+](CCO)CCO)cc1. The zero-order valence-electron chi connectivity index (χ0n) is 11.8. The molecule has 0 radical (unpaired) electrons. The molecule has 1 rings (SSSR count). The largest absolute Gasteiger partial charge is 0.497 e. The first-order valence-electron chi connectivity index (χ1n) is 6.69. The van der Waals surface area contributed by atoms with Crippen LogP contribution in [0.5, 0.6) is 11.5 Å². The molecule has 1 aromatic rings. The van der Waals surface area contributed by atoms with E-state index in [1.807, 2.05) is 0 Å². The van der Waals surface area contributed by atoms with Gasteiger partial charge in [0.15, 0.2) is 0 Å². The zero-order valence-corrected chi connectivity index (χ0v) is 11.8. The van der Waals surface area contributed by atoms with Crippen LogP contribution in [0.2, 0.25) is 0 Å². The van der Waals surface area contributed by atoms with Gasteiger partial charge in [0, 0.05) is 0 Å². The van der Waals surface area contributed by atoms with E-state index in [9.17, 15) is 5.11 Å². The molecule has 4 N–H and O–H groups in total. The molecule has 1 aromatic carbocycles. The zero-order chi connectivity index (χ0) is 14.8. The third-order valence-electron chi connectivity index (χ3n) is 2.96. The summed E-state index contributed by atoms with van der Waals surface area (Å²) >= 11 is 0. The van der Waals surface area contributed by atoms with E-state index in [2.05, 4.69) is 0 Å². The fourth-order valence-electron chi connectivity index (χ4n) is 1.90. The summed E-state index contributed by atoms with van der Waals surface area (Å²) in [4.78, 5) is 0.945. The maximum atomic E-state index is 9.90. The van der Waals surface area contributed by atoms with Gasteiger partial charge in [-0.3, -0.25) is 0 Å². The summed E-state index contributed by atoms with van der Waals surface area (Å²) in [5.41, 5.74) is 0. The predicted molar refractivity (Wildman–Crippen MR) is 74.2 cm³/mol. The Hall–Kier alpha value is -1.34. The van der Waals surface area contributed by atoms with Gasteiger partial charge < -0.3 is 29.7 Å². The molecule has 6 heteroatoms. The highest BCUT2D eigenvalue weighted by Gasteiger charge is 2.15. The Balaban J connectivity index is 2.35. The minimum Gasteiger partial charge on any atom is -0.497 e. The molecule has 1 atom stereocenters. The lowest BCUT2D eigenvalue weighted by atomic mass is 10.3. The number of hydrogen-bond acceptors (Lipinski definition) is 5. The molecule has 20 heavy (non-hydrogen) atoms. The molecule has 0 bridgehead atoms. The molecule has 0 fully saturated rings. The highest BCUT2D eigenvalue weighted by Crippen LogP contribution is 2.16. The quantitative estimate of drug-likeness (QED) is 0.412. The van der Waals surface area contributed by atoms with Crippen molar-refractivity contribution in [1.82, 2.24) is 0 Å². The molecule has 0 spiro atoms. The molecule has 0 unspecified atom stereocenters. The molecule has 0 saturated heterocycles. The molecule has 114 valence electrons. The molecule has 6 nitrogen and oxygen atoms in total. The van der Waals surface area contributed by atoms with Crippen LogP contribution < -0.4 is 14.4 Å². The molecule has 0 aliphatic carbocycles. The Morgan fingerprint density at radius 3 is 2.10 bits per heavy atom. The fraction of sp³-hybridized carbons (Fsp3) is 0.571. The van der Waals surface area contributed by atoms with Crippen molar-refractivity contribution in [3.8, 4) is 11.5 Å². The number of hydrogen-bond donors (Lipinski definition) is 4. The van der Waals surface area contributed by atoms with Crippen LogP contribution in [0, 0.1) is 0 Å². The van der Waals surface area contributed by atoms with Crippen molar-refractivity contribution in [2.24, 2.45) is 0 Å². The number of aliphatic hydroxyl groups excluding tert-OH is 3. The second-order valence-corrected chi connectivity index (χ2v) is 4.54. The van der Waals surface area contributed by atoms with E-state index in [1.165, 1.54) is 0 Å². The van der Waals surface area contributed by atoms with Crippen molar-refractivity contribution in [3.63, 3.8) is 0 Å². The molecule has 0 aromatic heterocycles. The van der Waals surface area contributed by atoms with Crippen molar-refractivity contribution >= 4 is 0 Å². The van der Waals surface area contributed by atoms with E-state index in [1.54, 1.807) is 31.4 Å². The third kappa shape index (κ3) is 6.21. The molecular formula is C14H24NO5+. The third-order valence-corrected chi connectivity index (χ3v) is 2.96. The van der Waals surface area contributed by atoms with Gasteiger partial charge in [-0.05, 0) is 24.3 Å². The summed E-state index contributed by atoms with van der Waals surface area (Å²) < 4.78 is 10.5. The van der Waals surface area contributed by atoms with Gasteiger partial charge in [0.25, 0.3) is 0 Å². The van der Waals surface area contributed by atoms with Crippen LogP contribution in [0.4, 0.5) is 0 Å². The number of ether oxygens (including phenoxy) is 2. The number of rotatable bonds is 10. The van der Waals surface area contributed by atoms with Crippen LogP contribution >= 0.6 is 0 Å². The summed E-state index contributed by atoms with van der Waals surface area (Å²) in [6.45, 7) is 1.66. The first-order chi connectivity index (χ1) is 9.69. The standard InChI is InChI=1S/C14H23NO5/c1-19-13-2-4-14(5-3-13)20-11-12(18)10-15(6-8-16)7-9-17/h2-5,12,16-18H,6-11H2,1H3/p+1/t12-/m1/s1. The number of quaternary nitrogens is 1. The summed E-state index contributed by atoms with van der Waals surface area (Å²) in [5.74, 6) is 1.41. The molecular weight excluding hydrogens is 262 g/mol. The van der Waals surface area contributed by atoms with Crippen LogP contribution in [0.15, 0.2) is 24.3 Å². The lowest BCUT2D eigenvalue weighted by Gasteiger charge is -2.20. The monoisotopic (exact) mass is 286 g/mol. The number of aliphatic hydroxyl groups is 3. The minimum absolute atomic E-state index is 0.0292. The Bertz CT molecular complexity index is 351. The van der Waals surface area contributed by atoms with Crippen LogP contribution in [-0.4, -0.2) is 68.0 Å². The molecule has 0 amide bonds. The summed E-state index contributed by atoms with van der Waals surface area (Å²) in [5, 5.41) is 27.7. The van der Waals surface area contributed by atoms with E-state index < -0.39 is 6.10 Å². The van der Waals surface area contributed by atoms with Gasteiger partial charge >= 0.3 is 0 Å². The highest BCUT2D eigenvalue weighted by molar-refractivity contribution is 5.31. The van der Waals surface area contributed by atoms with Gasteiger partial charge in [-0.2, -0.15) is 0 Å². The lowest BCUT2D eigenvalue weighted by Crippen LogP contribution is -3.14. The van der Waals surface area contributed by atoms with Gasteiger partial charge in [0.1, 0.15) is 43.8 Å². The van der Waals surface area contributed by atoms with Crippen LogP contribution in [0.1, 0.15) is 0 Å². The van der Waals surface area contributed by atoms with Crippen LogP contribution in [0.3, 0.4) is 0 Å². The van der Waals surface area contributed by atoms with Crippen molar-refractivity contribution in [3.05, 3.63) is 24.3 Å². The Kier molecular flexibility index (Phi) is 7.98. The first-order valence-corrected chi connectivity index (χ1v) is 6.69. The van der Waals surface area contributed by atoms with E-state index in [0.717, 1.165) is 10.6 Å². The molecule has 0 aliphatic rings. The average Bonchev–Trinajstić information content (AvgIpc) is 2.46.